The number of carbonyl (C=O) groups excluding carboxylic acids is 1. The number of amides is 1. The van der Waals surface area contributed by atoms with Crippen molar-refractivity contribution in [1.29, 1.82) is 0 Å². The zero-order valence-corrected chi connectivity index (χ0v) is 11.6. The average Bonchev–Trinajstić information content (AvgIpc) is 2.79. The van der Waals surface area contributed by atoms with E-state index in [2.05, 4.69) is 5.32 Å². The number of carbonyl (C=O) groups is 1. The second kappa shape index (κ2) is 8.21. The van der Waals surface area contributed by atoms with Crippen LogP contribution in [-0.2, 0) is 6.54 Å². The van der Waals surface area contributed by atoms with Crippen LogP contribution >= 0.6 is 11.8 Å². The minimum absolute atomic E-state index is 0.00248. The molecule has 0 saturated heterocycles. The van der Waals surface area contributed by atoms with Gasteiger partial charge in [0.25, 0.3) is 5.91 Å². The van der Waals surface area contributed by atoms with Crippen molar-refractivity contribution in [3.8, 4) is 0 Å². The maximum Gasteiger partial charge on any atom is 0.406 e. The molecule has 2 N–H and O–H groups in total. The molecule has 4 nitrogen and oxygen atoms in total. The Morgan fingerprint density at radius 3 is 2.80 bits per heavy atom. The molecule has 1 rings (SSSR count). The van der Waals surface area contributed by atoms with E-state index in [0.29, 0.717) is 18.7 Å². The van der Waals surface area contributed by atoms with E-state index in [9.17, 15) is 18.0 Å². The molecule has 0 fully saturated rings. The van der Waals surface area contributed by atoms with Crippen molar-refractivity contribution in [2.75, 3.05) is 24.7 Å². The van der Waals surface area contributed by atoms with Crippen LogP contribution in [0.5, 0.6) is 0 Å². The SMILES string of the molecule is O=C(NCCSCCCO)c1cccn1CC(F)(F)F. The van der Waals surface area contributed by atoms with E-state index < -0.39 is 18.6 Å². The molecule has 0 aliphatic rings. The number of aliphatic hydroxyl groups excluding tert-OH is 1. The molecule has 1 amide bonds. The molecule has 0 bridgehead atoms. The number of aromatic nitrogens is 1. The minimum atomic E-state index is -4.35. The van der Waals surface area contributed by atoms with Gasteiger partial charge in [-0.2, -0.15) is 24.9 Å². The summed E-state index contributed by atoms with van der Waals surface area (Å²) in [4.78, 5) is 11.8. The summed E-state index contributed by atoms with van der Waals surface area (Å²) >= 11 is 1.57. The number of rotatable bonds is 8. The summed E-state index contributed by atoms with van der Waals surface area (Å²) < 4.78 is 37.8. The first kappa shape index (κ1) is 16.9. The first-order valence-electron chi connectivity index (χ1n) is 6.13. The van der Waals surface area contributed by atoms with Crippen molar-refractivity contribution >= 4 is 17.7 Å². The highest BCUT2D eigenvalue weighted by Gasteiger charge is 2.29. The monoisotopic (exact) mass is 310 g/mol. The van der Waals surface area contributed by atoms with Crippen LogP contribution in [0.3, 0.4) is 0 Å². The molecule has 0 unspecified atom stereocenters. The third-order valence-electron chi connectivity index (χ3n) is 2.39. The van der Waals surface area contributed by atoms with Gasteiger partial charge in [0.15, 0.2) is 0 Å². The third kappa shape index (κ3) is 6.33. The second-order valence-corrected chi connectivity index (χ2v) is 5.31. The van der Waals surface area contributed by atoms with Crippen LogP contribution in [-0.4, -0.2) is 46.4 Å². The zero-order valence-electron chi connectivity index (χ0n) is 10.8. The van der Waals surface area contributed by atoms with Crippen LogP contribution in [0.15, 0.2) is 18.3 Å². The maximum absolute atomic E-state index is 12.3. The molecule has 0 aromatic carbocycles. The number of halogens is 3. The molecule has 1 aromatic rings. The lowest BCUT2D eigenvalue weighted by atomic mass is 10.4. The van der Waals surface area contributed by atoms with Gasteiger partial charge in [-0.1, -0.05) is 0 Å². The number of hydrogen-bond donors (Lipinski definition) is 2. The van der Waals surface area contributed by atoms with Gasteiger partial charge in [-0.15, -0.1) is 0 Å². The Balaban J connectivity index is 2.38. The van der Waals surface area contributed by atoms with Crippen molar-refractivity contribution < 1.29 is 23.1 Å². The largest absolute Gasteiger partial charge is 0.406 e. The highest BCUT2D eigenvalue weighted by atomic mass is 32.2. The Morgan fingerprint density at radius 1 is 1.40 bits per heavy atom. The molecule has 1 aromatic heterocycles. The molecule has 0 radical (unpaired) electrons. The Labute approximate surface area is 119 Å². The first-order valence-corrected chi connectivity index (χ1v) is 7.28. The Morgan fingerprint density at radius 2 is 2.15 bits per heavy atom. The zero-order chi connectivity index (χ0) is 15.0. The van der Waals surface area contributed by atoms with Gasteiger partial charge in [-0.25, -0.2) is 0 Å². The number of nitrogens with one attached hydrogen (secondary N) is 1. The fraction of sp³-hybridized carbons (Fsp3) is 0.583. The van der Waals surface area contributed by atoms with Crippen molar-refractivity contribution in [2.24, 2.45) is 0 Å². The van der Waals surface area contributed by atoms with Gasteiger partial charge < -0.3 is 15.0 Å². The van der Waals surface area contributed by atoms with E-state index in [-0.39, 0.29) is 12.3 Å². The van der Waals surface area contributed by atoms with Crippen LogP contribution < -0.4 is 5.32 Å². The molecular weight excluding hydrogens is 293 g/mol. The normalized spacial score (nSPS) is 11.6. The first-order chi connectivity index (χ1) is 9.44. The Hall–Kier alpha value is -1.15. The van der Waals surface area contributed by atoms with Crippen molar-refractivity contribution in [3.05, 3.63) is 24.0 Å². The second-order valence-electron chi connectivity index (χ2n) is 4.08. The van der Waals surface area contributed by atoms with Crippen LogP contribution in [0.4, 0.5) is 13.2 Å². The van der Waals surface area contributed by atoms with Gasteiger partial charge in [-0.3, -0.25) is 4.79 Å². The number of nitrogens with zero attached hydrogens (tertiary/aromatic N) is 1. The van der Waals surface area contributed by atoms with E-state index >= 15 is 0 Å². The number of aliphatic hydroxyl groups is 1. The van der Waals surface area contributed by atoms with Crippen molar-refractivity contribution in [2.45, 2.75) is 19.1 Å². The molecule has 114 valence electrons. The molecule has 20 heavy (non-hydrogen) atoms. The quantitative estimate of drug-likeness (QED) is 0.721. The fourth-order valence-electron chi connectivity index (χ4n) is 1.55. The van der Waals surface area contributed by atoms with E-state index in [1.807, 2.05) is 0 Å². The van der Waals surface area contributed by atoms with Crippen LogP contribution in [0, 0.1) is 0 Å². The molecule has 0 spiro atoms. The molecular formula is C12H17F3N2O2S. The topological polar surface area (TPSA) is 54.3 Å². The van der Waals surface area contributed by atoms with Gasteiger partial charge in [0, 0.05) is 25.1 Å². The van der Waals surface area contributed by atoms with Crippen LogP contribution in [0.1, 0.15) is 16.9 Å². The average molecular weight is 310 g/mol. The van der Waals surface area contributed by atoms with E-state index in [4.69, 9.17) is 5.11 Å². The van der Waals surface area contributed by atoms with Gasteiger partial charge >= 0.3 is 6.18 Å². The summed E-state index contributed by atoms with van der Waals surface area (Å²) in [5, 5.41) is 11.2. The number of hydrogen-bond acceptors (Lipinski definition) is 3. The van der Waals surface area contributed by atoms with Gasteiger partial charge in [0.2, 0.25) is 0 Å². The third-order valence-corrected chi connectivity index (χ3v) is 3.46. The number of thioether (sulfide) groups is 1. The van der Waals surface area contributed by atoms with E-state index in [1.165, 1.54) is 18.3 Å². The molecule has 1 heterocycles. The van der Waals surface area contributed by atoms with Crippen molar-refractivity contribution in [3.63, 3.8) is 0 Å². The lowest BCUT2D eigenvalue weighted by Gasteiger charge is -2.11. The van der Waals surface area contributed by atoms with E-state index in [1.54, 1.807) is 11.8 Å². The highest BCUT2D eigenvalue weighted by Crippen LogP contribution is 2.19. The highest BCUT2D eigenvalue weighted by molar-refractivity contribution is 7.99. The lowest BCUT2D eigenvalue weighted by Crippen LogP contribution is -2.29. The molecule has 0 atom stereocenters. The summed E-state index contributed by atoms with van der Waals surface area (Å²) in [6, 6.07) is 2.77. The summed E-state index contributed by atoms with van der Waals surface area (Å²) in [5.74, 6) is 0.935. The Bertz CT molecular complexity index is 421. The predicted molar refractivity (Wildman–Crippen MR) is 71.8 cm³/mol. The fourth-order valence-corrected chi connectivity index (χ4v) is 2.33. The van der Waals surface area contributed by atoms with Gasteiger partial charge in [-0.05, 0) is 24.3 Å². The summed E-state index contributed by atoms with van der Waals surface area (Å²) in [6.45, 7) is -0.662. The van der Waals surface area contributed by atoms with Gasteiger partial charge in [0.05, 0.1) is 0 Å². The molecule has 0 aliphatic carbocycles. The maximum atomic E-state index is 12.3. The summed E-state index contributed by atoms with van der Waals surface area (Å²) in [5.41, 5.74) is 0.00248. The molecule has 0 saturated carbocycles. The summed E-state index contributed by atoms with van der Waals surface area (Å²) in [6.07, 6.45) is -2.43. The predicted octanol–water partition coefficient (Wildman–Crippen LogP) is 1.90. The number of alkyl halides is 3. The Kier molecular flexibility index (Phi) is 6.94. The van der Waals surface area contributed by atoms with E-state index in [0.717, 1.165) is 10.3 Å². The smallest absolute Gasteiger partial charge is 0.396 e. The minimum Gasteiger partial charge on any atom is -0.396 e. The molecule has 0 aliphatic heterocycles. The van der Waals surface area contributed by atoms with Crippen LogP contribution in [0.25, 0.3) is 0 Å². The van der Waals surface area contributed by atoms with Crippen molar-refractivity contribution in [1.82, 2.24) is 9.88 Å². The molecule has 8 heteroatoms. The lowest BCUT2D eigenvalue weighted by molar-refractivity contribution is -0.140. The summed E-state index contributed by atoms with van der Waals surface area (Å²) in [7, 11) is 0. The van der Waals surface area contributed by atoms with Crippen LogP contribution in [0.2, 0.25) is 0 Å². The standard InChI is InChI=1S/C12H17F3N2O2S/c13-12(14,15)9-17-5-1-3-10(17)11(19)16-4-8-20-7-2-6-18/h1,3,5,18H,2,4,6-9H2,(H,16,19). The van der Waals surface area contributed by atoms with Gasteiger partial charge in [0.1, 0.15) is 12.2 Å².